The van der Waals surface area contributed by atoms with Gasteiger partial charge in [0, 0.05) is 35.4 Å². The fraction of sp³-hybridized carbons (Fsp3) is 0.370. The lowest BCUT2D eigenvalue weighted by molar-refractivity contribution is -0.0680. The molecule has 5 nitrogen and oxygen atoms in total. The normalized spacial score (nSPS) is 20.4. The smallest absolute Gasteiger partial charge is 0.411 e. The number of hydrogen-bond acceptors (Lipinski definition) is 5. The van der Waals surface area contributed by atoms with Gasteiger partial charge in [0.25, 0.3) is 0 Å². The Balaban J connectivity index is 1.49. The van der Waals surface area contributed by atoms with E-state index in [4.69, 9.17) is 10.5 Å². The molecule has 1 amide bonds. The molecule has 6 heteroatoms. The Hall–Kier alpha value is -2.67. The molecule has 174 valence electrons. The number of amides is 1. The van der Waals surface area contributed by atoms with Gasteiger partial charge >= 0.3 is 6.09 Å². The second-order valence-electron chi connectivity index (χ2n) is 8.79. The molecule has 2 heterocycles. The van der Waals surface area contributed by atoms with E-state index in [0.29, 0.717) is 25.8 Å². The lowest BCUT2D eigenvalue weighted by Gasteiger charge is -2.43. The van der Waals surface area contributed by atoms with Crippen LogP contribution in [0.4, 0.5) is 4.79 Å². The molecule has 3 atom stereocenters. The van der Waals surface area contributed by atoms with Crippen molar-refractivity contribution in [1.82, 2.24) is 4.90 Å². The molecule has 2 aromatic carbocycles. The Morgan fingerprint density at radius 3 is 2.42 bits per heavy atom. The molecule has 3 aromatic rings. The molecule has 1 aromatic heterocycles. The lowest BCUT2D eigenvalue weighted by atomic mass is 9.84. The summed E-state index contributed by atoms with van der Waals surface area (Å²) >= 11 is 1.71. The second kappa shape index (κ2) is 10.1. The van der Waals surface area contributed by atoms with Gasteiger partial charge in [-0.05, 0) is 55.5 Å². The summed E-state index contributed by atoms with van der Waals surface area (Å²) in [6.07, 6.45) is 1.59. The maximum absolute atomic E-state index is 13.1. The zero-order valence-electron chi connectivity index (χ0n) is 19.2. The minimum atomic E-state index is -0.682. The van der Waals surface area contributed by atoms with E-state index in [9.17, 15) is 9.90 Å². The van der Waals surface area contributed by atoms with Crippen molar-refractivity contribution in [1.29, 1.82) is 0 Å². The highest BCUT2D eigenvalue weighted by atomic mass is 32.1. The van der Waals surface area contributed by atoms with Gasteiger partial charge in [-0.15, -0.1) is 11.3 Å². The Bertz CT molecular complexity index is 1060. The molecule has 0 aliphatic carbocycles. The quantitative estimate of drug-likeness (QED) is 0.428. The molecule has 4 rings (SSSR count). The van der Waals surface area contributed by atoms with Crippen molar-refractivity contribution in [2.75, 3.05) is 13.2 Å². The monoisotopic (exact) mass is 464 g/mol. The van der Waals surface area contributed by atoms with Gasteiger partial charge in [-0.1, -0.05) is 54.6 Å². The summed E-state index contributed by atoms with van der Waals surface area (Å²) in [5.74, 6) is 0. The molecule has 0 bridgehead atoms. The summed E-state index contributed by atoms with van der Waals surface area (Å²) in [6.45, 7) is 4.71. The van der Waals surface area contributed by atoms with E-state index in [1.807, 2.05) is 44.2 Å². The van der Waals surface area contributed by atoms with Crippen LogP contribution in [0.5, 0.6) is 0 Å². The Kier molecular flexibility index (Phi) is 7.17. The molecule has 1 fully saturated rings. The SMILES string of the molecule is CC(N)c1ccc(-c2ccc([C@H](C)N3CC[C@](CCCO)(c4ccccc4)OC3=O)cc2)s1. The minimum absolute atomic E-state index is 0.0357. The third-order valence-electron chi connectivity index (χ3n) is 6.53. The van der Waals surface area contributed by atoms with E-state index in [-0.39, 0.29) is 24.8 Å². The number of carbonyl (C=O) groups is 1. The van der Waals surface area contributed by atoms with Crippen LogP contribution in [0.2, 0.25) is 0 Å². The van der Waals surface area contributed by atoms with Crippen molar-refractivity contribution < 1.29 is 14.6 Å². The van der Waals surface area contributed by atoms with Crippen molar-refractivity contribution >= 4 is 17.4 Å². The number of aliphatic hydroxyl groups excluding tert-OH is 1. The molecule has 1 aliphatic heterocycles. The highest BCUT2D eigenvalue weighted by molar-refractivity contribution is 7.15. The van der Waals surface area contributed by atoms with Crippen molar-refractivity contribution in [2.45, 2.75) is 50.8 Å². The average Bonchev–Trinajstić information content (AvgIpc) is 3.34. The predicted molar refractivity (Wildman–Crippen MR) is 133 cm³/mol. The van der Waals surface area contributed by atoms with E-state index in [0.717, 1.165) is 16.7 Å². The minimum Gasteiger partial charge on any atom is -0.438 e. The van der Waals surface area contributed by atoms with E-state index in [2.05, 4.69) is 36.4 Å². The molecular weight excluding hydrogens is 432 g/mol. The summed E-state index contributed by atoms with van der Waals surface area (Å²) in [4.78, 5) is 17.3. The van der Waals surface area contributed by atoms with Crippen LogP contribution < -0.4 is 5.73 Å². The van der Waals surface area contributed by atoms with Crippen LogP contribution in [0.3, 0.4) is 0 Å². The van der Waals surface area contributed by atoms with Crippen LogP contribution in [-0.2, 0) is 10.3 Å². The molecule has 0 radical (unpaired) electrons. The highest BCUT2D eigenvalue weighted by Crippen LogP contribution is 2.40. The number of rotatable bonds is 8. The van der Waals surface area contributed by atoms with E-state index < -0.39 is 5.60 Å². The fourth-order valence-electron chi connectivity index (χ4n) is 4.51. The molecule has 33 heavy (non-hydrogen) atoms. The van der Waals surface area contributed by atoms with Crippen LogP contribution in [0, 0.1) is 0 Å². The van der Waals surface area contributed by atoms with Crippen molar-refractivity contribution in [3.8, 4) is 10.4 Å². The number of cyclic esters (lactones) is 1. The van der Waals surface area contributed by atoms with Crippen LogP contribution in [0.25, 0.3) is 10.4 Å². The van der Waals surface area contributed by atoms with Crippen LogP contribution in [0.15, 0.2) is 66.7 Å². The number of carbonyl (C=O) groups excluding carboxylic acids is 1. The summed E-state index contributed by atoms with van der Waals surface area (Å²) in [6, 6.07) is 22.4. The van der Waals surface area contributed by atoms with Crippen LogP contribution in [0.1, 0.15) is 61.2 Å². The van der Waals surface area contributed by atoms with Gasteiger partial charge in [-0.3, -0.25) is 0 Å². The Morgan fingerprint density at radius 2 is 1.82 bits per heavy atom. The zero-order chi connectivity index (χ0) is 23.4. The number of benzene rings is 2. The van der Waals surface area contributed by atoms with Crippen LogP contribution in [-0.4, -0.2) is 29.3 Å². The van der Waals surface area contributed by atoms with Gasteiger partial charge in [0.1, 0.15) is 5.60 Å². The number of thiophene rings is 1. The van der Waals surface area contributed by atoms with E-state index in [1.165, 1.54) is 9.75 Å². The summed E-state index contributed by atoms with van der Waals surface area (Å²) in [5.41, 5.74) is 8.53. The summed E-state index contributed by atoms with van der Waals surface area (Å²) < 4.78 is 6.10. The van der Waals surface area contributed by atoms with E-state index >= 15 is 0 Å². The lowest BCUT2D eigenvalue weighted by Crippen LogP contribution is -2.48. The number of nitrogens with zero attached hydrogens (tertiary/aromatic N) is 1. The molecular formula is C27H32N2O3S. The van der Waals surface area contributed by atoms with Gasteiger partial charge in [-0.2, -0.15) is 0 Å². The third-order valence-corrected chi connectivity index (χ3v) is 7.87. The van der Waals surface area contributed by atoms with Crippen molar-refractivity contribution in [3.05, 3.63) is 82.7 Å². The first-order valence-electron chi connectivity index (χ1n) is 11.6. The highest BCUT2D eigenvalue weighted by Gasteiger charge is 2.43. The van der Waals surface area contributed by atoms with Crippen molar-refractivity contribution in [2.24, 2.45) is 5.73 Å². The average molecular weight is 465 g/mol. The maximum Gasteiger partial charge on any atom is 0.411 e. The Labute approximate surface area is 199 Å². The fourth-order valence-corrected chi connectivity index (χ4v) is 5.48. The topological polar surface area (TPSA) is 75.8 Å². The van der Waals surface area contributed by atoms with Crippen molar-refractivity contribution in [3.63, 3.8) is 0 Å². The van der Waals surface area contributed by atoms with Crippen LogP contribution >= 0.6 is 11.3 Å². The molecule has 0 spiro atoms. The first kappa shape index (κ1) is 23.5. The molecule has 1 saturated heterocycles. The van der Waals surface area contributed by atoms with Gasteiger partial charge in [0.15, 0.2) is 0 Å². The third kappa shape index (κ3) is 4.98. The number of ether oxygens (including phenoxy) is 1. The van der Waals surface area contributed by atoms with Gasteiger partial charge in [0.05, 0.1) is 6.04 Å². The zero-order valence-corrected chi connectivity index (χ0v) is 20.1. The van der Waals surface area contributed by atoms with Gasteiger partial charge < -0.3 is 20.5 Å². The van der Waals surface area contributed by atoms with Gasteiger partial charge in [-0.25, -0.2) is 4.79 Å². The summed E-state index contributed by atoms with van der Waals surface area (Å²) in [5, 5.41) is 9.39. The number of aliphatic hydroxyl groups is 1. The molecule has 0 saturated carbocycles. The van der Waals surface area contributed by atoms with Gasteiger partial charge in [0.2, 0.25) is 0 Å². The largest absolute Gasteiger partial charge is 0.438 e. The molecule has 3 N–H and O–H groups in total. The standard InChI is InChI=1S/C27H32N2O3S/c1-19(28)24-13-14-25(33-24)22-11-9-21(10-12-22)20(2)29-17-16-27(15-6-18-30,32-26(29)31)23-7-4-3-5-8-23/h3-5,7-14,19-20,30H,6,15-18,28H2,1-2H3/t19?,20-,27+/m0/s1. The molecule has 1 aliphatic rings. The summed E-state index contributed by atoms with van der Waals surface area (Å²) in [7, 11) is 0. The first-order chi connectivity index (χ1) is 15.9. The predicted octanol–water partition coefficient (Wildman–Crippen LogP) is 6.01. The maximum atomic E-state index is 13.1. The second-order valence-corrected chi connectivity index (χ2v) is 9.90. The van der Waals surface area contributed by atoms with E-state index in [1.54, 1.807) is 16.2 Å². The number of nitrogens with two attached hydrogens (primary N) is 1. The molecule has 1 unspecified atom stereocenters. The Morgan fingerprint density at radius 1 is 1.09 bits per heavy atom. The number of hydrogen-bond donors (Lipinski definition) is 2. The first-order valence-corrected chi connectivity index (χ1v) is 12.4.